The Kier molecular flexibility index (Phi) is 6.96. The molecule has 1 N–H and O–H groups in total. The van der Waals surface area contributed by atoms with Crippen LogP contribution in [-0.4, -0.2) is 64.9 Å². The smallest absolute Gasteiger partial charge is 0.342 e. The Labute approximate surface area is 230 Å². The number of carbonyl (C=O) groups excluding carboxylic acids is 2. The van der Waals surface area contributed by atoms with Crippen LogP contribution < -0.4 is 19.5 Å². The molecule has 2 aliphatic rings. The molecule has 1 amide bonds. The molecule has 0 atom stereocenters. The molecule has 0 aliphatic carbocycles. The number of nitrogens with zero attached hydrogens (tertiary/aromatic N) is 5. The predicted octanol–water partition coefficient (Wildman–Crippen LogP) is 3.91. The molecule has 12 heteroatoms. The van der Waals surface area contributed by atoms with Gasteiger partial charge < -0.3 is 29.2 Å². The van der Waals surface area contributed by atoms with Crippen LogP contribution in [0.1, 0.15) is 42.3 Å². The first-order valence-electron chi connectivity index (χ1n) is 12.4. The number of ether oxygens (including phenoxy) is 4. The fourth-order valence-corrected chi connectivity index (χ4v) is 3.97. The Morgan fingerprint density at radius 3 is 2.70 bits per heavy atom. The lowest BCUT2D eigenvalue weighted by Gasteiger charge is -2.22. The van der Waals surface area contributed by atoms with E-state index in [-0.39, 0.29) is 46.9 Å². The van der Waals surface area contributed by atoms with E-state index in [1.807, 2.05) is 31.3 Å². The van der Waals surface area contributed by atoms with Crippen LogP contribution in [0.2, 0.25) is 0 Å². The van der Waals surface area contributed by atoms with Gasteiger partial charge in [-0.2, -0.15) is 15.2 Å². The summed E-state index contributed by atoms with van der Waals surface area (Å²) in [6.45, 7) is 6.48. The molecule has 3 aromatic rings. The van der Waals surface area contributed by atoms with Crippen molar-refractivity contribution in [3.8, 4) is 35.3 Å². The number of hydrogen-bond donors (Lipinski definition) is 1. The van der Waals surface area contributed by atoms with Crippen molar-refractivity contribution in [3.63, 3.8) is 0 Å². The van der Waals surface area contributed by atoms with Crippen molar-refractivity contribution in [2.75, 3.05) is 32.1 Å². The van der Waals surface area contributed by atoms with Crippen LogP contribution in [0.3, 0.4) is 0 Å². The zero-order valence-electron chi connectivity index (χ0n) is 22.3. The van der Waals surface area contributed by atoms with E-state index >= 15 is 0 Å². The summed E-state index contributed by atoms with van der Waals surface area (Å²) in [5.41, 5.74) is 0.439. The lowest BCUT2D eigenvalue weighted by atomic mass is 10.1. The quantitative estimate of drug-likeness (QED) is 0.454. The number of fused-ring (bicyclic) bond motifs is 1. The highest BCUT2D eigenvalue weighted by Gasteiger charge is 2.28. The van der Waals surface area contributed by atoms with Gasteiger partial charge in [0.05, 0.1) is 18.2 Å². The summed E-state index contributed by atoms with van der Waals surface area (Å²) >= 11 is 0. The molecule has 5 rings (SSSR count). The maximum atomic E-state index is 12.9. The van der Waals surface area contributed by atoms with Crippen molar-refractivity contribution < 1.29 is 28.5 Å². The van der Waals surface area contributed by atoms with E-state index in [1.165, 1.54) is 18.2 Å². The van der Waals surface area contributed by atoms with Crippen LogP contribution in [0, 0.1) is 11.3 Å². The number of amides is 1. The predicted molar refractivity (Wildman–Crippen MR) is 143 cm³/mol. The number of nitriles is 1. The molecule has 0 unspecified atom stereocenters. The molecule has 0 spiro atoms. The minimum atomic E-state index is -0.771. The van der Waals surface area contributed by atoms with Gasteiger partial charge >= 0.3 is 12.0 Å². The van der Waals surface area contributed by atoms with E-state index in [1.54, 1.807) is 26.8 Å². The fraction of sp³-hybridized carbons (Fsp3) is 0.286. The topological polar surface area (TPSA) is 148 Å². The molecule has 2 aromatic carbocycles. The summed E-state index contributed by atoms with van der Waals surface area (Å²) < 4.78 is 23.0. The number of likely N-dealkylation sites (N-methyl/N-ethyl adjacent to an activating group) is 1. The molecule has 0 saturated carbocycles. The molecule has 2 aliphatic heterocycles. The van der Waals surface area contributed by atoms with Crippen molar-refractivity contribution in [2.24, 2.45) is 4.99 Å². The second kappa shape index (κ2) is 10.5. The first-order valence-corrected chi connectivity index (χ1v) is 12.4. The van der Waals surface area contributed by atoms with Gasteiger partial charge in [0.1, 0.15) is 28.5 Å². The average Bonchev–Trinajstić information content (AvgIpc) is 3.34. The van der Waals surface area contributed by atoms with E-state index in [9.17, 15) is 14.9 Å². The second-order valence-corrected chi connectivity index (χ2v) is 10.0. The van der Waals surface area contributed by atoms with Crippen molar-refractivity contribution in [2.45, 2.75) is 26.4 Å². The summed E-state index contributed by atoms with van der Waals surface area (Å²) in [7, 11) is 1.97. The van der Waals surface area contributed by atoms with E-state index in [0.717, 1.165) is 17.9 Å². The first kappa shape index (κ1) is 26.4. The number of hydrogen-bond acceptors (Lipinski definition) is 11. The summed E-state index contributed by atoms with van der Waals surface area (Å²) in [5, 5.41) is 12.1. The zero-order chi connectivity index (χ0) is 28.4. The summed E-state index contributed by atoms with van der Waals surface area (Å²) in [4.78, 5) is 40.3. The van der Waals surface area contributed by atoms with Gasteiger partial charge in [0, 0.05) is 19.2 Å². The Bertz CT molecular complexity index is 1570. The number of carbonyl (C=O) groups is 2. The number of anilines is 1. The fourth-order valence-electron chi connectivity index (χ4n) is 3.97. The van der Waals surface area contributed by atoms with E-state index in [2.05, 4.69) is 25.2 Å². The van der Waals surface area contributed by atoms with Crippen LogP contribution in [0.4, 0.5) is 5.69 Å². The molecule has 0 fully saturated rings. The van der Waals surface area contributed by atoms with Crippen LogP contribution in [0.5, 0.6) is 29.3 Å². The molecule has 12 nitrogen and oxygen atoms in total. The van der Waals surface area contributed by atoms with Gasteiger partial charge in [0.25, 0.3) is 11.8 Å². The van der Waals surface area contributed by atoms with Gasteiger partial charge in [-0.05, 0) is 51.1 Å². The van der Waals surface area contributed by atoms with E-state index in [4.69, 9.17) is 18.9 Å². The van der Waals surface area contributed by atoms with Gasteiger partial charge in [-0.15, -0.1) is 0 Å². The van der Waals surface area contributed by atoms with Crippen LogP contribution in [0.15, 0.2) is 47.5 Å². The zero-order valence-corrected chi connectivity index (χ0v) is 22.3. The Hall–Kier alpha value is -5.18. The Morgan fingerprint density at radius 1 is 1.15 bits per heavy atom. The molecule has 0 bridgehead atoms. The lowest BCUT2D eigenvalue weighted by Crippen LogP contribution is -2.27. The van der Waals surface area contributed by atoms with E-state index < -0.39 is 17.5 Å². The first-order chi connectivity index (χ1) is 19.1. The van der Waals surface area contributed by atoms with Crippen molar-refractivity contribution in [1.82, 2.24) is 14.9 Å². The lowest BCUT2D eigenvalue weighted by molar-refractivity contribution is -0.118. The normalized spacial score (nSPS) is 14.3. The van der Waals surface area contributed by atoms with Crippen molar-refractivity contribution in [1.29, 1.82) is 5.26 Å². The van der Waals surface area contributed by atoms with Crippen LogP contribution in [0.25, 0.3) is 0 Å². The number of aliphatic imine (C=N–C) groups is 1. The molecule has 0 radical (unpaired) electrons. The second-order valence-electron chi connectivity index (χ2n) is 10.0. The molecule has 3 heterocycles. The number of nitrogens with one attached hydrogen (secondary N) is 1. The molecule has 40 heavy (non-hydrogen) atoms. The number of amidine groups is 1. The Morgan fingerprint density at radius 2 is 1.98 bits per heavy atom. The maximum Gasteiger partial charge on any atom is 0.342 e. The SMILES string of the molecule is CN1CCN=C1c1cccc(Oc2nc3c(c(Oc4cc(C#N)ccc4C(=O)OC(C)(C)C)n2)NC(=O)CO3)c1. The van der Waals surface area contributed by atoms with Crippen molar-refractivity contribution in [3.05, 3.63) is 59.2 Å². The number of rotatable bonds is 6. The van der Waals surface area contributed by atoms with Crippen LogP contribution in [-0.2, 0) is 9.53 Å². The molecular weight excluding hydrogens is 516 g/mol. The van der Waals surface area contributed by atoms with Crippen LogP contribution >= 0.6 is 0 Å². The van der Waals surface area contributed by atoms with Gasteiger partial charge in [-0.1, -0.05) is 12.1 Å². The third-order valence-corrected chi connectivity index (χ3v) is 5.72. The standard InChI is InChI=1S/C28H26N6O6/c1-28(2,3)40-26(36)19-9-8-16(14-29)12-20(19)39-25-22-24(37-15-21(35)31-22)32-27(33-25)38-18-7-5-6-17(13-18)23-30-10-11-34(23)4/h5-9,12-13H,10-11,15H2,1-4H3,(H,31,35). The summed E-state index contributed by atoms with van der Waals surface area (Å²) in [6.07, 6.45) is 0. The van der Waals surface area contributed by atoms with Gasteiger partial charge in [-0.25, -0.2) is 4.79 Å². The van der Waals surface area contributed by atoms with E-state index in [0.29, 0.717) is 12.3 Å². The largest absolute Gasteiger partial charge is 0.466 e. The highest BCUT2D eigenvalue weighted by atomic mass is 16.6. The molecule has 204 valence electrons. The summed E-state index contributed by atoms with van der Waals surface area (Å²) in [6, 6.07) is 13.5. The Balaban J connectivity index is 1.52. The highest BCUT2D eigenvalue weighted by molar-refractivity contribution is 6.00. The van der Waals surface area contributed by atoms with Crippen molar-refractivity contribution >= 4 is 23.4 Å². The third kappa shape index (κ3) is 5.78. The molecular formula is C28H26N6O6. The third-order valence-electron chi connectivity index (χ3n) is 5.72. The minimum absolute atomic E-state index is 0.00995. The number of benzene rings is 2. The highest BCUT2D eigenvalue weighted by Crippen LogP contribution is 2.40. The summed E-state index contributed by atoms with van der Waals surface area (Å²) in [5.74, 6) is 0.0375. The average molecular weight is 543 g/mol. The molecule has 0 saturated heterocycles. The van der Waals surface area contributed by atoms with Gasteiger partial charge in [-0.3, -0.25) is 9.79 Å². The minimum Gasteiger partial charge on any atom is -0.466 e. The monoisotopic (exact) mass is 542 g/mol. The van der Waals surface area contributed by atoms with Gasteiger partial charge in [0.2, 0.25) is 5.88 Å². The maximum absolute atomic E-state index is 12.9. The number of aromatic nitrogens is 2. The van der Waals surface area contributed by atoms with Gasteiger partial charge in [0.15, 0.2) is 12.3 Å². The molecule has 1 aromatic heterocycles. The number of esters is 1.